The molecule has 0 aromatic rings. The Morgan fingerprint density at radius 2 is 0.788 bits per heavy atom. The maximum atomic E-state index is 11.1. The first-order valence-corrected chi connectivity index (χ1v) is 12.3. The van der Waals surface area contributed by atoms with Crippen LogP contribution in [0.2, 0.25) is 0 Å². The van der Waals surface area contributed by atoms with Gasteiger partial charge in [-0.3, -0.25) is 9.59 Å². The second-order valence-corrected chi connectivity index (χ2v) is 8.04. The molecule has 188 valence electrons. The van der Waals surface area contributed by atoms with E-state index in [1.54, 1.807) is 0 Å². The zero-order valence-corrected chi connectivity index (χ0v) is 22.3. The van der Waals surface area contributed by atoms with Crippen LogP contribution in [0.1, 0.15) is 117 Å². The standard InChI is InChI=1S/2C12H23NO3.Mg/c2*1-2-3-4-5-6-7-8-9-11(14)13-10-12(15)16;/h2*2-10H2,1H3,(H,13,14)(H,15,16);/q;;+2/p-2. The number of carboxylic acid groups (broad SMARTS) is 2. The Kier molecular flexibility index (Phi) is 31.5. The van der Waals surface area contributed by atoms with Gasteiger partial charge in [0.05, 0.1) is 25.0 Å². The van der Waals surface area contributed by atoms with Crippen molar-refractivity contribution >= 4 is 46.8 Å². The van der Waals surface area contributed by atoms with Gasteiger partial charge >= 0.3 is 23.1 Å². The normalized spacial score (nSPS) is 9.76. The number of carboxylic acids is 2. The van der Waals surface area contributed by atoms with E-state index in [4.69, 9.17) is 0 Å². The predicted octanol–water partition coefficient (Wildman–Crippen LogP) is 1.61. The molecule has 0 rings (SSSR count). The first-order chi connectivity index (χ1) is 15.3. The summed E-state index contributed by atoms with van der Waals surface area (Å²) >= 11 is 0. The van der Waals surface area contributed by atoms with Gasteiger partial charge in [0.15, 0.2) is 0 Å². The molecule has 0 aliphatic rings. The molecule has 0 unspecified atom stereocenters. The smallest absolute Gasteiger partial charge is 0.548 e. The maximum absolute atomic E-state index is 11.1. The SMILES string of the molecule is CCCCCCCCCC(=O)NCC(=O)[O-].CCCCCCCCCC(=O)NCC(=O)[O-].[Mg+2]. The van der Waals surface area contributed by atoms with Crippen LogP contribution in [0.3, 0.4) is 0 Å². The quantitative estimate of drug-likeness (QED) is 0.200. The Morgan fingerprint density at radius 1 is 0.515 bits per heavy atom. The van der Waals surface area contributed by atoms with Gasteiger partial charge in [-0.05, 0) is 12.8 Å². The topological polar surface area (TPSA) is 138 Å². The van der Waals surface area contributed by atoms with Gasteiger partial charge in [0.2, 0.25) is 11.8 Å². The van der Waals surface area contributed by atoms with E-state index in [-0.39, 0.29) is 48.0 Å². The van der Waals surface area contributed by atoms with Crippen LogP contribution in [-0.4, -0.2) is 59.9 Å². The first kappa shape index (κ1) is 36.2. The zero-order valence-electron chi connectivity index (χ0n) is 20.9. The molecule has 0 fully saturated rings. The van der Waals surface area contributed by atoms with E-state index in [9.17, 15) is 29.4 Å². The summed E-state index contributed by atoms with van der Waals surface area (Å²) in [6, 6.07) is 0. The fraction of sp³-hybridized carbons (Fsp3) is 0.833. The number of nitrogens with one attached hydrogen (secondary N) is 2. The van der Waals surface area contributed by atoms with Gasteiger partial charge in [0.1, 0.15) is 0 Å². The van der Waals surface area contributed by atoms with Crippen LogP contribution in [-0.2, 0) is 19.2 Å². The summed E-state index contributed by atoms with van der Waals surface area (Å²) in [6.45, 7) is 3.61. The molecule has 0 saturated carbocycles. The number of rotatable bonds is 20. The molecule has 0 aromatic carbocycles. The molecule has 2 N–H and O–H groups in total. The number of carbonyl (C=O) groups is 4. The van der Waals surface area contributed by atoms with Crippen LogP contribution in [0.25, 0.3) is 0 Å². The number of amides is 2. The van der Waals surface area contributed by atoms with Crippen molar-refractivity contribution in [3.8, 4) is 0 Å². The van der Waals surface area contributed by atoms with Gasteiger partial charge < -0.3 is 30.4 Å². The second kappa shape index (κ2) is 28.7. The van der Waals surface area contributed by atoms with Gasteiger partial charge in [-0.2, -0.15) is 0 Å². The van der Waals surface area contributed by atoms with E-state index >= 15 is 0 Å². The fourth-order valence-electron chi connectivity index (χ4n) is 3.00. The second-order valence-electron chi connectivity index (χ2n) is 8.04. The largest absolute Gasteiger partial charge is 2.00 e. The molecule has 33 heavy (non-hydrogen) atoms. The average Bonchev–Trinajstić information content (AvgIpc) is 2.75. The number of unbranched alkanes of at least 4 members (excludes halogenated alkanes) is 12. The number of hydrogen-bond donors (Lipinski definition) is 2. The molecule has 0 aromatic heterocycles. The van der Waals surface area contributed by atoms with E-state index in [0.717, 1.165) is 38.5 Å². The maximum Gasteiger partial charge on any atom is 2.00 e. The van der Waals surface area contributed by atoms with Crippen molar-refractivity contribution in [2.24, 2.45) is 0 Å². The molecular weight excluding hydrogens is 437 g/mol. The van der Waals surface area contributed by atoms with E-state index < -0.39 is 11.9 Å². The van der Waals surface area contributed by atoms with Crippen molar-refractivity contribution < 1.29 is 29.4 Å². The third-order valence-electron chi connectivity index (χ3n) is 4.87. The van der Waals surface area contributed by atoms with Gasteiger partial charge in [0.25, 0.3) is 0 Å². The van der Waals surface area contributed by atoms with Crippen LogP contribution < -0.4 is 20.8 Å². The molecule has 0 spiro atoms. The Labute approximate surface area is 216 Å². The van der Waals surface area contributed by atoms with Crippen LogP contribution in [0.15, 0.2) is 0 Å². The molecule has 0 bridgehead atoms. The number of aliphatic carboxylic acids is 2. The molecule has 9 heteroatoms. The van der Waals surface area contributed by atoms with Crippen molar-refractivity contribution in [1.82, 2.24) is 10.6 Å². The van der Waals surface area contributed by atoms with Crippen molar-refractivity contribution in [2.75, 3.05) is 13.1 Å². The Balaban J connectivity index is -0.000000529. The monoisotopic (exact) mass is 480 g/mol. The van der Waals surface area contributed by atoms with Crippen molar-refractivity contribution in [3.05, 3.63) is 0 Å². The Bertz CT molecular complexity index is 459. The van der Waals surface area contributed by atoms with Crippen LogP contribution in [0.4, 0.5) is 0 Å². The molecule has 0 atom stereocenters. The summed E-state index contributed by atoms with van der Waals surface area (Å²) in [7, 11) is 0. The minimum atomic E-state index is -1.24. The van der Waals surface area contributed by atoms with Crippen LogP contribution in [0.5, 0.6) is 0 Å². The molecule has 2 amide bonds. The van der Waals surface area contributed by atoms with Gasteiger partial charge in [-0.1, -0.05) is 90.9 Å². The molecule has 0 aliphatic carbocycles. The molecule has 0 aliphatic heterocycles. The van der Waals surface area contributed by atoms with Crippen LogP contribution in [0, 0.1) is 0 Å². The summed E-state index contributed by atoms with van der Waals surface area (Å²) < 4.78 is 0. The molecule has 0 saturated heterocycles. The summed E-state index contributed by atoms with van der Waals surface area (Å²) in [5.74, 6) is -2.88. The van der Waals surface area contributed by atoms with E-state index in [0.29, 0.717) is 12.8 Å². The van der Waals surface area contributed by atoms with E-state index in [1.165, 1.54) is 51.4 Å². The van der Waals surface area contributed by atoms with E-state index in [1.807, 2.05) is 0 Å². The molecule has 0 heterocycles. The van der Waals surface area contributed by atoms with Crippen molar-refractivity contribution in [2.45, 2.75) is 117 Å². The average molecular weight is 481 g/mol. The predicted molar refractivity (Wildman–Crippen MR) is 127 cm³/mol. The summed E-state index contributed by atoms with van der Waals surface area (Å²) in [5, 5.41) is 24.7. The first-order valence-electron chi connectivity index (χ1n) is 12.3. The summed E-state index contributed by atoms with van der Waals surface area (Å²) in [4.78, 5) is 42.3. The summed E-state index contributed by atoms with van der Waals surface area (Å²) in [5.41, 5.74) is 0. The minimum Gasteiger partial charge on any atom is -0.548 e. The third kappa shape index (κ3) is 35.4. The summed E-state index contributed by atoms with van der Waals surface area (Å²) in [6.07, 6.45) is 17.0. The van der Waals surface area contributed by atoms with Gasteiger partial charge in [-0.25, -0.2) is 0 Å². The fourth-order valence-corrected chi connectivity index (χ4v) is 3.00. The van der Waals surface area contributed by atoms with Gasteiger partial charge in [-0.15, -0.1) is 0 Å². The molecule has 8 nitrogen and oxygen atoms in total. The third-order valence-corrected chi connectivity index (χ3v) is 4.87. The van der Waals surface area contributed by atoms with Crippen molar-refractivity contribution in [1.29, 1.82) is 0 Å². The minimum absolute atomic E-state index is 0. The number of hydrogen-bond acceptors (Lipinski definition) is 6. The number of carbonyl (C=O) groups excluding carboxylic acids is 4. The van der Waals surface area contributed by atoms with Crippen LogP contribution >= 0.6 is 0 Å². The van der Waals surface area contributed by atoms with E-state index in [2.05, 4.69) is 24.5 Å². The molecular formula is C24H44MgN2O6. The zero-order chi connectivity index (χ0) is 24.5. The van der Waals surface area contributed by atoms with Crippen molar-refractivity contribution in [3.63, 3.8) is 0 Å². The Hall–Kier alpha value is -1.35. The molecule has 0 radical (unpaired) electrons. The Morgan fingerprint density at radius 3 is 1.06 bits per heavy atom. The van der Waals surface area contributed by atoms with Gasteiger partial charge in [0, 0.05) is 12.8 Å².